The highest BCUT2D eigenvalue weighted by atomic mass is 35.5. The summed E-state index contributed by atoms with van der Waals surface area (Å²) in [6.45, 7) is 9.65. The Morgan fingerprint density at radius 1 is 1.12 bits per heavy atom. The molecule has 7 nitrogen and oxygen atoms in total. The highest BCUT2D eigenvalue weighted by molar-refractivity contribution is 6.31. The second-order valence-electron chi connectivity index (χ2n) is 7.80. The van der Waals surface area contributed by atoms with Crippen molar-refractivity contribution >= 4 is 64.9 Å². The van der Waals surface area contributed by atoms with Crippen molar-refractivity contribution in [3.8, 4) is 0 Å². The minimum atomic E-state index is -0.464. The van der Waals surface area contributed by atoms with Crippen LogP contribution in [0.4, 0.5) is 21.8 Å². The fourth-order valence-corrected chi connectivity index (χ4v) is 4.14. The topological polar surface area (TPSA) is 70.1 Å². The molecule has 0 atom stereocenters. The van der Waals surface area contributed by atoms with E-state index in [9.17, 15) is 4.39 Å². The molecule has 3 heterocycles. The van der Waals surface area contributed by atoms with E-state index in [0.29, 0.717) is 34.4 Å². The van der Waals surface area contributed by atoms with Crippen LogP contribution in [-0.4, -0.2) is 57.6 Å². The van der Waals surface area contributed by atoms with E-state index in [0.717, 1.165) is 45.6 Å². The normalized spacial score (nSPS) is 14.2. The lowest BCUT2D eigenvalue weighted by Crippen LogP contribution is -2.39. The highest BCUT2D eigenvalue weighted by Gasteiger charge is 2.23. The van der Waals surface area contributed by atoms with Crippen LogP contribution in [0.1, 0.15) is 26.7 Å². The third-order valence-electron chi connectivity index (χ3n) is 5.86. The average molecular weight is 517 g/mol. The number of aromatic nitrogens is 4. The van der Waals surface area contributed by atoms with Crippen LogP contribution in [0.5, 0.6) is 0 Å². The third kappa shape index (κ3) is 6.53. The Bertz CT molecular complexity index is 1040. The Balaban J connectivity index is 0.00000193. The molecule has 0 spiro atoms. The predicted octanol–water partition coefficient (Wildman–Crippen LogP) is 5.36. The van der Waals surface area contributed by atoms with E-state index < -0.39 is 5.82 Å². The molecule has 3 aromatic rings. The zero-order valence-electron chi connectivity index (χ0n) is 18.7. The van der Waals surface area contributed by atoms with Crippen LogP contribution in [0.2, 0.25) is 5.02 Å². The molecule has 1 aliphatic heterocycles. The maximum absolute atomic E-state index is 13.5. The quantitative estimate of drug-likeness (QED) is 0.453. The molecular weight excluding hydrogens is 488 g/mol. The summed E-state index contributed by atoms with van der Waals surface area (Å²) in [4.78, 5) is 22.6. The molecule has 1 saturated heterocycles. The number of rotatable bonds is 7. The molecule has 0 saturated carbocycles. The summed E-state index contributed by atoms with van der Waals surface area (Å²) in [5.74, 6) is 1.46. The van der Waals surface area contributed by atoms with Crippen molar-refractivity contribution in [1.29, 1.82) is 0 Å². The second-order valence-corrected chi connectivity index (χ2v) is 8.20. The van der Waals surface area contributed by atoms with E-state index in [2.05, 4.69) is 43.9 Å². The molecule has 0 radical (unpaired) electrons. The zero-order chi connectivity index (χ0) is 21.8. The van der Waals surface area contributed by atoms with Gasteiger partial charge < -0.3 is 15.1 Å². The summed E-state index contributed by atoms with van der Waals surface area (Å²) in [5, 5.41) is 3.22. The molecule has 4 rings (SSSR count). The number of halogens is 4. The Morgan fingerprint density at radius 2 is 1.85 bits per heavy atom. The van der Waals surface area contributed by atoms with Gasteiger partial charge in [0.05, 0.1) is 11.2 Å². The van der Waals surface area contributed by atoms with Crippen LogP contribution < -0.4 is 10.2 Å². The minimum absolute atomic E-state index is 0. The lowest BCUT2D eigenvalue weighted by atomic mass is 9.96. The van der Waals surface area contributed by atoms with E-state index in [1.165, 1.54) is 18.5 Å². The highest BCUT2D eigenvalue weighted by Crippen LogP contribution is 2.27. The maximum Gasteiger partial charge on any atom is 0.226 e. The van der Waals surface area contributed by atoms with Gasteiger partial charge in [0.15, 0.2) is 5.82 Å². The van der Waals surface area contributed by atoms with Crippen molar-refractivity contribution in [3.05, 3.63) is 41.6 Å². The van der Waals surface area contributed by atoms with Crippen LogP contribution in [0.3, 0.4) is 0 Å². The minimum Gasteiger partial charge on any atom is -0.341 e. The first-order chi connectivity index (χ1) is 15.1. The van der Waals surface area contributed by atoms with E-state index in [4.69, 9.17) is 16.6 Å². The van der Waals surface area contributed by atoms with E-state index in [1.807, 2.05) is 0 Å². The fourth-order valence-electron chi connectivity index (χ4n) is 3.96. The van der Waals surface area contributed by atoms with Crippen molar-refractivity contribution in [2.24, 2.45) is 5.92 Å². The second kappa shape index (κ2) is 12.5. The molecule has 180 valence electrons. The smallest absolute Gasteiger partial charge is 0.226 e. The van der Waals surface area contributed by atoms with E-state index in [-0.39, 0.29) is 29.8 Å². The Morgan fingerprint density at radius 3 is 2.52 bits per heavy atom. The van der Waals surface area contributed by atoms with Gasteiger partial charge in [0.1, 0.15) is 23.2 Å². The fraction of sp³-hybridized carbons (Fsp3) is 0.455. The zero-order valence-corrected chi connectivity index (χ0v) is 21.1. The van der Waals surface area contributed by atoms with Gasteiger partial charge in [-0.15, -0.1) is 24.8 Å². The van der Waals surface area contributed by atoms with Crippen molar-refractivity contribution in [1.82, 2.24) is 24.8 Å². The van der Waals surface area contributed by atoms with Gasteiger partial charge >= 0.3 is 0 Å². The van der Waals surface area contributed by atoms with Gasteiger partial charge in [-0.05, 0) is 50.0 Å². The van der Waals surface area contributed by atoms with Crippen LogP contribution in [0.25, 0.3) is 11.0 Å². The maximum atomic E-state index is 13.5. The number of hydrogen-bond donors (Lipinski definition) is 1. The SMILES string of the molecule is CCN(CC)CC1CCN(c2ncc3ncnc(Nc4ccc(F)c(Cl)c4)c3n2)CC1.Cl.Cl. The lowest BCUT2D eigenvalue weighted by Gasteiger charge is -2.34. The van der Waals surface area contributed by atoms with Gasteiger partial charge in [-0.3, -0.25) is 0 Å². The monoisotopic (exact) mass is 515 g/mol. The molecule has 1 fully saturated rings. The van der Waals surface area contributed by atoms with Gasteiger partial charge in [-0.2, -0.15) is 0 Å². The Labute approximate surface area is 211 Å². The number of hydrogen-bond acceptors (Lipinski definition) is 7. The summed E-state index contributed by atoms with van der Waals surface area (Å²) in [5.41, 5.74) is 1.90. The first-order valence-electron chi connectivity index (χ1n) is 10.7. The van der Waals surface area contributed by atoms with E-state index in [1.54, 1.807) is 12.3 Å². The Hall–Kier alpha value is -2.00. The molecule has 11 heteroatoms. The molecule has 1 aromatic carbocycles. The molecule has 33 heavy (non-hydrogen) atoms. The summed E-state index contributed by atoms with van der Waals surface area (Å²) < 4.78 is 13.5. The van der Waals surface area contributed by atoms with Crippen molar-refractivity contribution in [2.75, 3.05) is 42.9 Å². The van der Waals surface area contributed by atoms with Gasteiger partial charge in [0, 0.05) is 25.3 Å². The van der Waals surface area contributed by atoms with Crippen molar-refractivity contribution < 1.29 is 4.39 Å². The largest absolute Gasteiger partial charge is 0.341 e. The van der Waals surface area contributed by atoms with Gasteiger partial charge in [0.25, 0.3) is 0 Å². The van der Waals surface area contributed by atoms with Gasteiger partial charge in [-0.25, -0.2) is 24.3 Å². The lowest BCUT2D eigenvalue weighted by molar-refractivity contribution is 0.229. The standard InChI is InChI=1S/C22H27ClFN7.2ClH/c1-3-30(4-2)13-15-7-9-31(10-8-15)22-25-12-19-20(29-22)21(27-14-26-19)28-16-5-6-18(24)17(23)11-16;;/h5-6,11-12,14-15H,3-4,7-10,13H2,1-2H3,(H,26,27,28);2*1H. The molecule has 0 aliphatic carbocycles. The average Bonchev–Trinajstić information content (AvgIpc) is 2.80. The Kier molecular flexibility index (Phi) is 10.3. The molecule has 0 unspecified atom stereocenters. The predicted molar refractivity (Wildman–Crippen MR) is 137 cm³/mol. The number of nitrogens with zero attached hydrogens (tertiary/aromatic N) is 6. The molecular formula is C22H29Cl3FN7. The third-order valence-corrected chi connectivity index (χ3v) is 6.14. The molecule has 2 aromatic heterocycles. The van der Waals surface area contributed by atoms with Crippen LogP contribution >= 0.6 is 36.4 Å². The summed E-state index contributed by atoms with van der Waals surface area (Å²) >= 11 is 5.90. The number of piperidine rings is 1. The summed E-state index contributed by atoms with van der Waals surface area (Å²) in [6, 6.07) is 4.45. The van der Waals surface area contributed by atoms with Crippen LogP contribution in [0.15, 0.2) is 30.7 Å². The van der Waals surface area contributed by atoms with E-state index >= 15 is 0 Å². The van der Waals surface area contributed by atoms with Crippen molar-refractivity contribution in [2.45, 2.75) is 26.7 Å². The summed E-state index contributed by atoms with van der Waals surface area (Å²) in [7, 11) is 0. The number of benzene rings is 1. The molecule has 0 bridgehead atoms. The first kappa shape index (κ1) is 27.2. The number of anilines is 3. The number of fused-ring (bicyclic) bond motifs is 1. The molecule has 1 aliphatic rings. The molecule has 1 N–H and O–H groups in total. The van der Waals surface area contributed by atoms with Crippen LogP contribution in [0, 0.1) is 11.7 Å². The first-order valence-corrected chi connectivity index (χ1v) is 11.1. The molecule has 0 amide bonds. The summed E-state index contributed by atoms with van der Waals surface area (Å²) in [6.07, 6.45) is 5.44. The van der Waals surface area contributed by atoms with Gasteiger partial charge in [-0.1, -0.05) is 25.4 Å². The van der Waals surface area contributed by atoms with Crippen LogP contribution in [-0.2, 0) is 0 Å². The van der Waals surface area contributed by atoms with Crippen molar-refractivity contribution in [3.63, 3.8) is 0 Å². The number of nitrogens with one attached hydrogen (secondary N) is 1. The van der Waals surface area contributed by atoms with Gasteiger partial charge in [0.2, 0.25) is 5.95 Å².